The highest BCUT2D eigenvalue weighted by Gasteiger charge is 2.29. The molecule has 0 saturated heterocycles. The third kappa shape index (κ3) is 2.47. The molecule has 1 heterocycles. The molecule has 0 spiro atoms. The van der Waals surface area contributed by atoms with Gasteiger partial charge in [0.25, 0.3) is 11.7 Å². The first-order chi connectivity index (χ1) is 9.08. The zero-order valence-corrected chi connectivity index (χ0v) is 10.9. The number of hydrogen-bond donors (Lipinski definition) is 2. The number of aliphatic hydroxyl groups is 1. The lowest BCUT2D eigenvalue weighted by atomic mass is 10.1. The number of hydrogen-bond acceptors (Lipinski definition) is 4. The zero-order chi connectivity index (χ0) is 14.0. The molecule has 0 bridgehead atoms. The third-order valence-corrected chi connectivity index (χ3v) is 3.15. The Morgan fingerprint density at radius 3 is 2.79 bits per heavy atom. The average molecular weight is 281 g/mol. The number of rotatable bonds is 5. The maximum atomic E-state index is 11.5. The van der Waals surface area contributed by atoms with Crippen molar-refractivity contribution in [3.8, 4) is 0 Å². The van der Waals surface area contributed by atoms with E-state index in [9.17, 15) is 9.59 Å². The highest BCUT2D eigenvalue weighted by Crippen LogP contribution is 2.34. The van der Waals surface area contributed by atoms with E-state index in [1.165, 1.54) is 6.07 Å². The van der Waals surface area contributed by atoms with Crippen LogP contribution in [0.2, 0.25) is 5.02 Å². The Morgan fingerprint density at radius 1 is 1.42 bits per heavy atom. The van der Waals surface area contributed by atoms with Crippen molar-refractivity contribution in [3.63, 3.8) is 0 Å². The summed E-state index contributed by atoms with van der Waals surface area (Å²) in [5.74, 6) is -1.23. The summed E-state index contributed by atoms with van der Waals surface area (Å²) < 4.78 is 0. The maximum Gasteiger partial charge on any atom is 0.296 e. The fraction of sp³-hybridized carbons (Fsp3) is 0.231. The monoisotopic (exact) mass is 280 g/mol. The van der Waals surface area contributed by atoms with Crippen LogP contribution in [0.1, 0.15) is 10.4 Å². The van der Waals surface area contributed by atoms with E-state index in [0.717, 1.165) is 0 Å². The van der Waals surface area contributed by atoms with Crippen molar-refractivity contribution in [2.24, 2.45) is 0 Å². The lowest BCUT2D eigenvalue weighted by molar-refractivity contribution is -0.112. The summed E-state index contributed by atoms with van der Waals surface area (Å²) in [7, 11) is 0. The quantitative estimate of drug-likeness (QED) is 0.633. The standard InChI is InChI=1S/C13H13ClN2O3/c1-2-3-16(4-5-17)11-7-10-8(6-9(11)14)12(18)13(19)15-10/h2,6-7,17H,1,3-5H2,(H,15,18,19). The Bertz CT molecular complexity index is 557. The Balaban J connectivity index is 2.43. The Labute approximate surface area is 115 Å². The number of Topliss-reactive ketones (excluding diaryl/α,β-unsaturated/α-hetero) is 1. The molecule has 1 amide bonds. The molecule has 6 heteroatoms. The number of halogens is 1. The van der Waals surface area contributed by atoms with Gasteiger partial charge in [-0.15, -0.1) is 6.58 Å². The van der Waals surface area contributed by atoms with Crippen LogP contribution in [0.4, 0.5) is 11.4 Å². The fourth-order valence-electron chi connectivity index (χ4n) is 1.98. The van der Waals surface area contributed by atoms with Crippen molar-refractivity contribution >= 4 is 34.7 Å². The molecule has 0 saturated carbocycles. The van der Waals surface area contributed by atoms with Gasteiger partial charge in [0.2, 0.25) is 0 Å². The average Bonchev–Trinajstić information content (AvgIpc) is 2.64. The van der Waals surface area contributed by atoms with E-state index < -0.39 is 11.7 Å². The molecular formula is C13H13ClN2O3. The molecule has 0 aromatic heterocycles. The second-order valence-corrected chi connectivity index (χ2v) is 4.50. The van der Waals surface area contributed by atoms with Crippen LogP contribution in [0.25, 0.3) is 0 Å². The van der Waals surface area contributed by atoms with Crippen LogP contribution >= 0.6 is 11.6 Å². The van der Waals surface area contributed by atoms with Gasteiger partial charge in [-0.2, -0.15) is 0 Å². The first-order valence-corrected chi connectivity index (χ1v) is 6.12. The summed E-state index contributed by atoms with van der Waals surface area (Å²) in [6.45, 7) is 4.49. The summed E-state index contributed by atoms with van der Waals surface area (Å²) in [5, 5.41) is 11.9. The number of amides is 1. The van der Waals surface area contributed by atoms with Crippen molar-refractivity contribution in [2.75, 3.05) is 29.9 Å². The van der Waals surface area contributed by atoms with Gasteiger partial charge < -0.3 is 15.3 Å². The van der Waals surface area contributed by atoms with Gasteiger partial charge in [-0.1, -0.05) is 17.7 Å². The van der Waals surface area contributed by atoms with E-state index >= 15 is 0 Å². The van der Waals surface area contributed by atoms with E-state index in [2.05, 4.69) is 11.9 Å². The fourth-order valence-corrected chi connectivity index (χ4v) is 2.27. The van der Waals surface area contributed by atoms with Gasteiger partial charge >= 0.3 is 0 Å². The van der Waals surface area contributed by atoms with Crippen molar-refractivity contribution in [3.05, 3.63) is 35.4 Å². The first kappa shape index (κ1) is 13.6. The minimum atomic E-state index is -0.652. The second kappa shape index (κ2) is 5.42. The highest BCUT2D eigenvalue weighted by atomic mass is 35.5. The number of carbonyl (C=O) groups is 2. The van der Waals surface area contributed by atoms with Gasteiger partial charge in [0.1, 0.15) is 0 Å². The van der Waals surface area contributed by atoms with Gasteiger partial charge in [0, 0.05) is 13.1 Å². The third-order valence-electron chi connectivity index (χ3n) is 2.85. The van der Waals surface area contributed by atoms with Gasteiger partial charge in [-0.05, 0) is 12.1 Å². The number of nitrogens with zero attached hydrogens (tertiary/aromatic N) is 1. The predicted octanol–water partition coefficient (Wildman–Crippen LogP) is 1.46. The summed E-state index contributed by atoms with van der Waals surface area (Å²) in [6, 6.07) is 3.11. The SMILES string of the molecule is C=CCN(CCO)c1cc2c(cc1Cl)C(=O)C(=O)N2. The number of anilines is 2. The molecule has 19 heavy (non-hydrogen) atoms. The number of fused-ring (bicyclic) bond motifs is 1. The normalized spacial score (nSPS) is 13.2. The molecule has 0 fully saturated rings. The zero-order valence-electron chi connectivity index (χ0n) is 10.1. The lowest BCUT2D eigenvalue weighted by Crippen LogP contribution is -2.27. The van der Waals surface area contributed by atoms with E-state index in [0.29, 0.717) is 29.5 Å². The Hall–Kier alpha value is -1.85. The summed E-state index contributed by atoms with van der Waals surface area (Å²) in [6.07, 6.45) is 1.68. The molecule has 0 unspecified atom stereocenters. The van der Waals surface area contributed by atoms with Crippen LogP contribution in [-0.2, 0) is 4.79 Å². The maximum absolute atomic E-state index is 11.5. The first-order valence-electron chi connectivity index (χ1n) is 5.74. The molecule has 0 atom stereocenters. The molecule has 1 aromatic rings. The summed E-state index contributed by atoms with van der Waals surface area (Å²) in [4.78, 5) is 24.7. The number of aliphatic hydroxyl groups excluding tert-OH is 1. The number of nitrogens with one attached hydrogen (secondary N) is 1. The molecule has 2 N–H and O–H groups in total. The van der Waals surface area contributed by atoms with E-state index in [1.807, 2.05) is 4.90 Å². The van der Waals surface area contributed by atoms with Crippen LogP contribution in [0.5, 0.6) is 0 Å². The smallest absolute Gasteiger partial charge is 0.296 e. The minimum Gasteiger partial charge on any atom is -0.395 e. The largest absolute Gasteiger partial charge is 0.395 e. The van der Waals surface area contributed by atoms with E-state index in [1.54, 1.807) is 12.1 Å². The highest BCUT2D eigenvalue weighted by molar-refractivity contribution is 6.52. The summed E-state index contributed by atoms with van der Waals surface area (Å²) in [5.41, 5.74) is 1.37. The van der Waals surface area contributed by atoms with Crippen LogP contribution in [0.15, 0.2) is 24.8 Å². The second-order valence-electron chi connectivity index (χ2n) is 4.09. The van der Waals surface area contributed by atoms with Crippen LogP contribution in [0.3, 0.4) is 0 Å². The molecule has 1 aliphatic heterocycles. The minimum absolute atomic E-state index is 0.0352. The van der Waals surface area contributed by atoms with E-state index in [-0.39, 0.29) is 12.2 Å². The summed E-state index contributed by atoms with van der Waals surface area (Å²) >= 11 is 6.14. The van der Waals surface area contributed by atoms with Crippen molar-refractivity contribution < 1.29 is 14.7 Å². The molecule has 100 valence electrons. The lowest BCUT2D eigenvalue weighted by Gasteiger charge is -2.24. The topological polar surface area (TPSA) is 69.6 Å². The van der Waals surface area contributed by atoms with Gasteiger partial charge in [-0.3, -0.25) is 9.59 Å². The van der Waals surface area contributed by atoms with Crippen LogP contribution < -0.4 is 10.2 Å². The molecule has 2 rings (SSSR count). The molecule has 0 aliphatic carbocycles. The van der Waals surface area contributed by atoms with Gasteiger partial charge in [-0.25, -0.2) is 0 Å². The molecule has 1 aromatic carbocycles. The van der Waals surface area contributed by atoms with Gasteiger partial charge in [0.05, 0.1) is 28.6 Å². The van der Waals surface area contributed by atoms with E-state index in [4.69, 9.17) is 16.7 Å². The number of carbonyl (C=O) groups excluding carboxylic acids is 2. The molecule has 5 nitrogen and oxygen atoms in total. The van der Waals surface area contributed by atoms with Gasteiger partial charge in [0.15, 0.2) is 0 Å². The van der Waals surface area contributed by atoms with Crippen molar-refractivity contribution in [1.82, 2.24) is 0 Å². The van der Waals surface area contributed by atoms with Crippen molar-refractivity contribution in [2.45, 2.75) is 0 Å². The Kier molecular flexibility index (Phi) is 3.87. The molecular weight excluding hydrogens is 268 g/mol. The molecule has 1 aliphatic rings. The Morgan fingerprint density at radius 2 is 2.16 bits per heavy atom. The van der Waals surface area contributed by atoms with Crippen molar-refractivity contribution in [1.29, 1.82) is 0 Å². The van der Waals surface area contributed by atoms with Crippen LogP contribution in [0, 0.1) is 0 Å². The number of benzene rings is 1. The predicted molar refractivity (Wildman–Crippen MR) is 73.9 cm³/mol. The van der Waals surface area contributed by atoms with Crippen LogP contribution in [-0.4, -0.2) is 36.5 Å². The molecule has 0 radical (unpaired) electrons. The number of ketones is 1.